The van der Waals surface area contributed by atoms with Crippen molar-refractivity contribution in [1.29, 1.82) is 0 Å². The molecule has 1 aliphatic rings. The first-order valence-electron chi connectivity index (χ1n) is 36.4. The van der Waals surface area contributed by atoms with E-state index in [0.717, 1.165) is 173 Å². The molecule has 0 N–H and O–H groups in total. The molecule has 5 rings (SSSR count). The first-order valence-corrected chi connectivity index (χ1v) is 37.9. The lowest BCUT2D eigenvalue weighted by molar-refractivity contribution is 0.0591. The number of rotatable bonds is 46. The van der Waals surface area contributed by atoms with Gasteiger partial charge in [-0.3, -0.25) is 0 Å². The second-order valence-electron chi connectivity index (χ2n) is 26.3. The third kappa shape index (κ3) is 23.8. The zero-order valence-corrected chi connectivity index (χ0v) is 61.4. The molecular weight excluding hydrogens is 1250 g/mol. The van der Waals surface area contributed by atoms with Crippen LogP contribution in [0.1, 0.15) is 373 Å². The van der Waals surface area contributed by atoms with Crippen molar-refractivity contribution < 1.29 is 38.0 Å². The van der Waals surface area contributed by atoms with E-state index in [2.05, 4.69) is 83.8 Å². The van der Waals surface area contributed by atoms with Crippen LogP contribution in [0.25, 0.3) is 0 Å². The quantitative estimate of drug-likeness (QED) is 0.0319. The summed E-state index contributed by atoms with van der Waals surface area (Å²) in [5.74, 6) is 1.34. The maximum atomic E-state index is 14.5. The highest BCUT2D eigenvalue weighted by molar-refractivity contribution is 9.10. The summed E-state index contributed by atoms with van der Waals surface area (Å²) in [4.78, 5) is 29.1. The number of esters is 2. The minimum atomic E-state index is -0.408. The van der Waals surface area contributed by atoms with Crippen LogP contribution < -0.4 is 18.9 Å². The predicted molar refractivity (Wildman–Crippen MR) is 385 cm³/mol. The van der Waals surface area contributed by atoms with Gasteiger partial charge in [-0.25, -0.2) is 9.59 Å². The summed E-state index contributed by atoms with van der Waals surface area (Å²) in [5.41, 5.74) is 8.83. The zero-order valence-electron chi connectivity index (χ0n) is 58.2. The third-order valence-electron chi connectivity index (χ3n) is 19.6. The number of halogens is 2. The fraction of sp³-hybridized carbons (Fsp3) is 0.675. The Labute approximate surface area is 565 Å². The van der Waals surface area contributed by atoms with Crippen molar-refractivity contribution in [2.45, 2.75) is 308 Å². The van der Waals surface area contributed by atoms with Gasteiger partial charge in [-0.05, 0) is 74.2 Å². The van der Waals surface area contributed by atoms with Crippen molar-refractivity contribution >= 4 is 43.8 Å². The molecule has 504 valence electrons. The molecule has 4 aromatic rings. The number of methoxy groups -OCH3 is 6. The first kappa shape index (κ1) is 76.7. The van der Waals surface area contributed by atoms with Crippen LogP contribution in [0.3, 0.4) is 0 Å². The van der Waals surface area contributed by atoms with Crippen molar-refractivity contribution in [3.63, 3.8) is 0 Å². The highest BCUT2D eigenvalue weighted by Crippen LogP contribution is 2.54. The molecule has 0 amide bonds. The summed E-state index contributed by atoms with van der Waals surface area (Å²) >= 11 is 8.33. The molecule has 8 nitrogen and oxygen atoms in total. The van der Waals surface area contributed by atoms with E-state index in [-0.39, 0.29) is 23.7 Å². The Hall–Kier alpha value is -4.02. The van der Waals surface area contributed by atoms with Crippen molar-refractivity contribution in [2.75, 3.05) is 42.7 Å². The predicted octanol–water partition coefficient (Wildman–Crippen LogP) is 25.3. The lowest BCUT2D eigenvalue weighted by Gasteiger charge is -2.33. The first-order chi connectivity index (χ1) is 44.0. The van der Waals surface area contributed by atoms with Crippen molar-refractivity contribution in [3.05, 3.63) is 113 Å². The molecule has 0 aromatic heterocycles. The van der Waals surface area contributed by atoms with Gasteiger partial charge >= 0.3 is 11.9 Å². The standard InChI is InChI=1S/C80H122Br2O8/c1-11-15-19-23-27-31-35-39-43-47-63-67-51-59(79(83)89-9)53-69(75(67)85-5)64(48-44-40-36-32-28-24-20-16-12-2)71-55-61(81)57-73(77(71)87-7)66(50-46-42-38-34-30-26-22-18-14-4)74-58-62(82)56-72(78(74)88-8)65(49-45-41-37-33-29-25-21-17-13-3)70-54-60(80(84)90-10)52-68(63)76(70)86-6/h51-58,63-66H,11-50H2,1-10H3. The molecule has 4 aromatic carbocycles. The molecule has 0 saturated heterocycles. The lowest BCUT2D eigenvalue weighted by Crippen LogP contribution is -2.17. The van der Waals surface area contributed by atoms with Crippen LogP contribution in [0, 0.1) is 0 Å². The normalized spacial score (nSPS) is 15.4. The topological polar surface area (TPSA) is 89.5 Å². The number of benzene rings is 4. The van der Waals surface area contributed by atoms with E-state index in [1.165, 1.54) is 175 Å². The molecule has 90 heavy (non-hydrogen) atoms. The lowest BCUT2D eigenvalue weighted by atomic mass is 9.75. The smallest absolute Gasteiger partial charge is 0.337 e. The molecule has 0 spiro atoms. The molecule has 8 bridgehead atoms. The molecule has 0 radical (unpaired) electrons. The fourth-order valence-corrected chi connectivity index (χ4v) is 15.6. The number of hydrogen-bond acceptors (Lipinski definition) is 8. The average molecular weight is 1370 g/mol. The van der Waals surface area contributed by atoms with Crippen molar-refractivity contribution in [3.8, 4) is 23.0 Å². The number of carbonyl (C=O) groups is 2. The molecule has 0 aliphatic heterocycles. The minimum Gasteiger partial charge on any atom is -0.496 e. The largest absolute Gasteiger partial charge is 0.496 e. The number of ether oxygens (including phenoxy) is 6. The van der Waals surface area contributed by atoms with Gasteiger partial charge in [0.1, 0.15) is 23.0 Å². The van der Waals surface area contributed by atoms with Gasteiger partial charge in [0.25, 0.3) is 0 Å². The van der Waals surface area contributed by atoms with Crippen LogP contribution in [0.2, 0.25) is 0 Å². The molecule has 1 aliphatic carbocycles. The molecule has 0 fully saturated rings. The van der Waals surface area contributed by atoms with Crippen LogP contribution in [-0.4, -0.2) is 54.6 Å². The van der Waals surface area contributed by atoms with Gasteiger partial charge in [-0.1, -0.05) is 291 Å². The molecule has 2 atom stereocenters. The summed E-state index contributed by atoms with van der Waals surface area (Å²) in [6.45, 7) is 9.12. The molecule has 2 unspecified atom stereocenters. The van der Waals surface area contributed by atoms with E-state index < -0.39 is 11.9 Å². The summed E-state index contributed by atoms with van der Waals surface area (Å²) < 4.78 is 41.2. The number of unbranched alkanes of at least 4 members (excludes halogenated alkanes) is 32. The second kappa shape index (κ2) is 44.6. The number of hydrogen-bond donors (Lipinski definition) is 0. The van der Waals surface area contributed by atoms with E-state index in [9.17, 15) is 9.59 Å². The SMILES string of the molecule is CCCCCCCCCCCC1c2cc(Br)cc(c2OC)C(CCCCCCCCCCC)c2cc(C(=O)OC)cc(c2OC)C(CCCCCCCCCCC)c2cc(C(=O)OC)cc(c2OC)C(CCCCCCCCCCC)c2cc(Br)cc1c2OC. The van der Waals surface area contributed by atoms with Gasteiger partial charge in [0.2, 0.25) is 0 Å². The van der Waals surface area contributed by atoms with Gasteiger partial charge in [0, 0.05) is 77.1 Å². The summed E-state index contributed by atoms with van der Waals surface area (Å²) in [6.07, 6.45) is 46.5. The Bertz CT molecular complexity index is 2520. The second-order valence-corrected chi connectivity index (χ2v) is 28.1. The van der Waals surface area contributed by atoms with E-state index in [1.807, 2.05) is 38.5 Å². The van der Waals surface area contributed by atoms with Crippen LogP contribution in [0.4, 0.5) is 0 Å². The summed E-state index contributed by atoms with van der Waals surface area (Å²) in [5, 5.41) is 0. The fourth-order valence-electron chi connectivity index (χ4n) is 14.7. The monoisotopic (exact) mass is 1370 g/mol. The van der Waals surface area contributed by atoms with E-state index >= 15 is 0 Å². The highest BCUT2D eigenvalue weighted by Gasteiger charge is 2.37. The Morgan fingerprint density at radius 2 is 0.444 bits per heavy atom. The number of fused-ring (bicyclic) bond motifs is 8. The highest BCUT2D eigenvalue weighted by atomic mass is 79.9. The molecule has 0 saturated carbocycles. The molecule has 10 heteroatoms. The van der Waals surface area contributed by atoms with Gasteiger partial charge < -0.3 is 28.4 Å². The van der Waals surface area contributed by atoms with E-state index in [0.29, 0.717) is 11.1 Å². The Kier molecular flexibility index (Phi) is 38.0. The van der Waals surface area contributed by atoms with Gasteiger partial charge in [-0.2, -0.15) is 0 Å². The minimum absolute atomic E-state index is 0.139. The van der Waals surface area contributed by atoms with Crippen molar-refractivity contribution in [1.82, 2.24) is 0 Å². The van der Waals surface area contributed by atoms with E-state index in [1.54, 1.807) is 14.2 Å². The molecular formula is C80H122Br2O8. The van der Waals surface area contributed by atoms with Crippen LogP contribution in [0.15, 0.2) is 57.5 Å². The van der Waals surface area contributed by atoms with Gasteiger partial charge in [0.05, 0.1) is 53.8 Å². The Balaban J connectivity index is 1.91. The van der Waals surface area contributed by atoms with Crippen LogP contribution in [-0.2, 0) is 9.47 Å². The summed E-state index contributed by atoms with van der Waals surface area (Å²) in [7, 11) is 10.2. The van der Waals surface area contributed by atoms with Crippen molar-refractivity contribution in [2.24, 2.45) is 0 Å². The van der Waals surface area contributed by atoms with E-state index in [4.69, 9.17) is 28.4 Å². The number of carbonyl (C=O) groups excluding carboxylic acids is 2. The Morgan fingerprint density at radius 1 is 0.278 bits per heavy atom. The maximum absolute atomic E-state index is 14.5. The molecule has 0 heterocycles. The van der Waals surface area contributed by atoms with Crippen LogP contribution >= 0.6 is 31.9 Å². The zero-order chi connectivity index (χ0) is 64.9. The van der Waals surface area contributed by atoms with Gasteiger partial charge in [-0.15, -0.1) is 0 Å². The summed E-state index contributed by atoms with van der Waals surface area (Å²) in [6, 6.07) is 17.2. The average Bonchev–Trinajstić information content (AvgIpc) is 0.781. The maximum Gasteiger partial charge on any atom is 0.337 e. The van der Waals surface area contributed by atoms with Crippen LogP contribution in [0.5, 0.6) is 23.0 Å². The van der Waals surface area contributed by atoms with Gasteiger partial charge in [0.15, 0.2) is 0 Å². The Morgan fingerprint density at radius 3 is 0.611 bits per heavy atom. The third-order valence-corrected chi connectivity index (χ3v) is 20.5.